The summed E-state index contributed by atoms with van der Waals surface area (Å²) < 4.78 is 5.75. The van der Waals surface area contributed by atoms with Crippen LogP contribution in [0.2, 0.25) is 0 Å². The Morgan fingerprint density at radius 2 is 2.20 bits per heavy atom. The number of nitrogen functional groups attached to an aromatic ring is 1. The molecule has 4 nitrogen and oxygen atoms in total. The molecule has 2 fully saturated rings. The molecule has 20 heavy (non-hydrogen) atoms. The van der Waals surface area contributed by atoms with Crippen molar-refractivity contribution in [2.75, 3.05) is 12.3 Å². The van der Waals surface area contributed by atoms with Gasteiger partial charge < -0.3 is 15.8 Å². The molecular weight excluding hydrogens is 252 g/mol. The van der Waals surface area contributed by atoms with E-state index in [4.69, 9.17) is 10.5 Å². The highest BCUT2D eigenvalue weighted by Crippen LogP contribution is 2.34. The van der Waals surface area contributed by atoms with Crippen LogP contribution in [0.3, 0.4) is 0 Å². The van der Waals surface area contributed by atoms with Crippen molar-refractivity contribution in [2.45, 2.75) is 44.8 Å². The molecular formula is C16H22N2O2. The molecule has 0 bridgehead atoms. The average Bonchev–Trinajstić information content (AvgIpc) is 2.91. The van der Waals surface area contributed by atoms with Gasteiger partial charge in [-0.25, -0.2) is 0 Å². The Balaban J connectivity index is 1.73. The van der Waals surface area contributed by atoms with Crippen molar-refractivity contribution < 1.29 is 9.53 Å². The third-order valence-corrected chi connectivity index (χ3v) is 4.60. The number of hydrogen-bond donors (Lipinski definition) is 2. The molecule has 1 saturated carbocycles. The topological polar surface area (TPSA) is 64.4 Å². The minimum atomic E-state index is -0.00708. The van der Waals surface area contributed by atoms with E-state index in [9.17, 15) is 4.79 Å². The molecule has 2 aliphatic rings. The van der Waals surface area contributed by atoms with E-state index in [-0.39, 0.29) is 11.9 Å². The third kappa shape index (κ3) is 2.52. The Labute approximate surface area is 119 Å². The molecule has 1 heterocycles. The normalized spacial score (nSPS) is 28.9. The Bertz CT molecular complexity index is 515. The predicted molar refractivity (Wildman–Crippen MR) is 78.5 cm³/mol. The van der Waals surface area contributed by atoms with Gasteiger partial charge in [-0.3, -0.25) is 4.79 Å². The highest BCUT2D eigenvalue weighted by atomic mass is 16.5. The van der Waals surface area contributed by atoms with Crippen LogP contribution in [0.4, 0.5) is 5.69 Å². The SMILES string of the molecule is Cc1ccc(N)cc1C(=O)NC1CCCC2OCCC12. The lowest BCUT2D eigenvalue weighted by atomic mass is 9.81. The van der Waals surface area contributed by atoms with Gasteiger partial charge in [-0.05, 0) is 50.3 Å². The maximum atomic E-state index is 12.5. The molecule has 1 saturated heterocycles. The van der Waals surface area contributed by atoms with E-state index in [2.05, 4.69) is 5.32 Å². The Morgan fingerprint density at radius 3 is 3.05 bits per heavy atom. The fraction of sp³-hybridized carbons (Fsp3) is 0.562. The second-order valence-corrected chi connectivity index (χ2v) is 5.95. The number of hydrogen-bond acceptors (Lipinski definition) is 3. The summed E-state index contributed by atoms with van der Waals surface area (Å²) in [5, 5.41) is 3.20. The van der Waals surface area contributed by atoms with Gasteiger partial charge in [0.25, 0.3) is 5.91 Å². The van der Waals surface area contributed by atoms with Gasteiger partial charge in [-0.1, -0.05) is 6.07 Å². The summed E-state index contributed by atoms with van der Waals surface area (Å²) in [6, 6.07) is 5.72. The third-order valence-electron chi connectivity index (χ3n) is 4.60. The zero-order valence-electron chi connectivity index (χ0n) is 11.9. The molecule has 4 heteroatoms. The predicted octanol–water partition coefficient (Wildman–Crippen LogP) is 2.26. The van der Waals surface area contributed by atoms with Crippen molar-refractivity contribution in [1.29, 1.82) is 0 Å². The van der Waals surface area contributed by atoms with Crippen LogP contribution in [0.25, 0.3) is 0 Å². The molecule has 1 aliphatic heterocycles. The molecule has 3 unspecified atom stereocenters. The van der Waals surface area contributed by atoms with Crippen LogP contribution in [0, 0.1) is 12.8 Å². The largest absolute Gasteiger partial charge is 0.399 e. The van der Waals surface area contributed by atoms with Crippen LogP contribution in [0.1, 0.15) is 41.6 Å². The minimum absolute atomic E-state index is 0.00708. The van der Waals surface area contributed by atoms with Crippen LogP contribution >= 0.6 is 0 Å². The van der Waals surface area contributed by atoms with Gasteiger partial charge in [0.15, 0.2) is 0 Å². The fourth-order valence-corrected chi connectivity index (χ4v) is 3.49. The molecule has 0 aromatic heterocycles. The lowest BCUT2D eigenvalue weighted by Crippen LogP contribution is -2.45. The van der Waals surface area contributed by atoms with Crippen molar-refractivity contribution in [2.24, 2.45) is 5.92 Å². The second-order valence-electron chi connectivity index (χ2n) is 5.95. The van der Waals surface area contributed by atoms with Gasteiger partial charge >= 0.3 is 0 Å². The number of amides is 1. The van der Waals surface area contributed by atoms with Gasteiger partial charge in [0.05, 0.1) is 6.10 Å². The standard InChI is InChI=1S/C16H22N2O2/c1-10-5-6-11(17)9-13(10)16(19)18-14-3-2-4-15-12(14)7-8-20-15/h5-6,9,12,14-15H,2-4,7-8,17H2,1H3,(H,18,19). The summed E-state index contributed by atoms with van der Waals surface area (Å²) in [4.78, 5) is 12.5. The first-order chi connectivity index (χ1) is 9.65. The lowest BCUT2D eigenvalue weighted by Gasteiger charge is -2.33. The molecule has 1 aromatic rings. The van der Waals surface area contributed by atoms with Crippen molar-refractivity contribution in [1.82, 2.24) is 5.32 Å². The van der Waals surface area contributed by atoms with Crippen molar-refractivity contribution >= 4 is 11.6 Å². The first-order valence-corrected chi connectivity index (χ1v) is 7.44. The maximum Gasteiger partial charge on any atom is 0.251 e. The molecule has 1 aromatic carbocycles. The zero-order chi connectivity index (χ0) is 14.1. The minimum Gasteiger partial charge on any atom is -0.399 e. The summed E-state index contributed by atoms with van der Waals surface area (Å²) in [7, 11) is 0. The summed E-state index contributed by atoms with van der Waals surface area (Å²) in [5.41, 5.74) is 8.07. The molecule has 1 amide bonds. The number of rotatable bonds is 2. The zero-order valence-corrected chi connectivity index (χ0v) is 11.9. The first kappa shape index (κ1) is 13.4. The summed E-state index contributed by atoms with van der Waals surface area (Å²) in [5.74, 6) is 0.474. The van der Waals surface area contributed by atoms with E-state index in [1.54, 1.807) is 6.07 Å². The van der Waals surface area contributed by atoms with E-state index in [1.807, 2.05) is 19.1 Å². The van der Waals surface area contributed by atoms with Crippen LogP contribution in [0.15, 0.2) is 18.2 Å². The monoisotopic (exact) mass is 274 g/mol. The Morgan fingerprint density at radius 1 is 1.35 bits per heavy atom. The van der Waals surface area contributed by atoms with Gasteiger partial charge in [0.2, 0.25) is 0 Å². The lowest BCUT2D eigenvalue weighted by molar-refractivity contribution is 0.0510. The molecule has 3 N–H and O–H groups in total. The number of nitrogens with one attached hydrogen (secondary N) is 1. The van der Waals surface area contributed by atoms with Crippen LogP contribution in [0.5, 0.6) is 0 Å². The maximum absolute atomic E-state index is 12.5. The first-order valence-electron chi connectivity index (χ1n) is 7.44. The van der Waals surface area contributed by atoms with Crippen molar-refractivity contribution in [3.8, 4) is 0 Å². The number of carbonyl (C=O) groups excluding carboxylic acids is 1. The molecule has 0 radical (unpaired) electrons. The summed E-state index contributed by atoms with van der Waals surface area (Å²) in [6.07, 6.45) is 4.72. The number of benzene rings is 1. The van der Waals surface area contributed by atoms with Gasteiger partial charge in [0, 0.05) is 29.8 Å². The van der Waals surface area contributed by atoms with Crippen LogP contribution < -0.4 is 11.1 Å². The van der Waals surface area contributed by atoms with E-state index in [0.717, 1.165) is 37.9 Å². The van der Waals surface area contributed by atoms with E-state index in [0.29, 0.717) is 23.3 Å². The molecule has 3 rings (SSSR count). The molecule has 1 aliphatic carbocycles. The van der Waals surface area contributed by atoms with E-state index >= 15 is 0 Å². The molecule has 0 spiro atoms. The Kier molecular flexibility index (Phi) is 3.66. The second kappa shape index (κ2) is 5.44. The Hall–Kier alpha value is -1.55. The summed E-state index contributed by atoms with van der Waals surface area (Å²) in [6.45, 7) is 2.77. The van der Waals surface area contributed by atoms with Gasteiger partial charge in [0.1, 0.15) is 0 Å². The number of nitrogens with two attached hydrogens (primary N) is 1. The number of anilines is 1. The highest BCUT2D eigenvalue weighted by molar-refractivity contribution is 5.96. The number of aryl methyl sites for hydroxylation is 1. The summed E-state index contributed by atoms with van der Waals surface area (Å²) >= 11 is 0. The van der Waals surface area contributed by atoms with Gasteiger partial charge in [-0.15, -0.1) is 0 Å². The number of ether oxygens (including phenoxy) is 1. The number of fused-ring (bicyclic) bond motifs is 1. The van der Waals surface area contributed by atoms with Crippen LogP contribution in [-0.2, 0) is 4.74 Å². The van der Waals surface area contributed by atoms with Crippen molar-refractivity contribution in [3.05, 3.63) is 29.3 Å². The fourth-order valence-electron chi connectivity index (χ4n) is 3.49. The van der Waals surface area contributed by atoms with Crippen LogP contribution in [-0.4, -0.2) is 24.7 Å². The highest BCUT2D eigenvalue weighted by Gasteiger charge is 2.38. The number of carbonyl (C=O) groups is 1. The van der Waals surface area contributed by atoms with E-state index in [1.165, 1.54) is 0 Å². The molecule has 3 atom stereocenters. The quantitative estimate of drug-likeness (QED) is 0.813. The van der Waals surface area contributed by atoms with Crippen molar-refractivity contribution in [3.63, 3.8) is 0 Å². The molecule has 108 valence electrons. The smallest absolute Gasteiger partial charge is 0.251 e. The van der Waals surface area contributed by atoms with Gasteiger partial charge in [-0.2, -0.15) is 0 Å². The average molecular weight is 274 g/mol. The van der Waals surface area contributed by atoms with E-state index < -0.39 is 0 Å².